The molecule has 72 valence electrons. The molecule has 1 atom stereocenters. The second-order valence-corrected chi connectivity index (χ2v) is 3.37. The number of anilines is 1. The Morgan fingerprint density at radius 3 is 2.93 bits per heavy atom. The molecule has 1 amide bonds. The van der Waals surface area contributed by atoms with Crippen LogP contribution >= 0.6 is 0 Å². The Morgan fingerprint density at radius 1 is 1.36 bits per heavy atom. The van der Waals surface area contributed by atoms with E-state index in [0.29, 0.717) is 12.8 Å². The molecule has 3 heteroatoms. The molecule has 1 aromatic carbocycles. The van der Waals surface area contributed by atoms with Crippen LogP contribution in [0.15, 0.2) is 24.3 Å². The number of amides is 1. The van der Waals surface area contributed by atoms with Gasteiger partial charge in [0.2, 0.25) is 5.91 Å². The summed E-state index contributed by atoms with van der Waals surface area (Å²) in [4.78, 5) is 21.8. The van der Waals surface area contributed by atoms with Crippen molar-refractivity contribution >= 4 is 17.9 Å². The fourth-order valence-electron chi connectivity index (χ4n) is 1.80. The van der Waals surface area contributed by atoms with E-state index in [1.165, 1.54) is 0 Å². The lowest BCUT2D eigenvalue weighted by Crippen LogP contribution is -2.11. The minimum absolute atomic E-state index is 0.00745. The first-order valence-electron chi connectivity index (χ1n) is 4.66. The maximum Gasteiger partial charge on any atom is 0.232 e. The lowest BCUT2D eigenvalue weighted by molar-refractivity contribution is -0.117. The first-order chi connectivity index (χ1) is 6.83. The standard InChI is InChI=1S/C11H11NO2/c13-7-3-5-9-8-4-1-2-6-10(8)12-11(9)14/h1-2,4,6-7,9H,3,5H2,(H,12,14). The van der Waals surface area contributed by atoms with Crippen molar-refractivity contribution in [3.8, 4) is 0 Å². The molecule has 1 N–H and O–H groups in total. The third-order valence-corrected chi connectivity index (χ3v) is 2.48. The summed E-state index contributed by atoms with van der Waals surface area (Å²) >= 11 is 0. The van der Waals surface area contributed by atoms with Gasteiger partial charge in [-0.1, -0.05) is 18.2 Å². The van der Waals surface area contributed by atoms with E-state index in [-0.39, 0.29) is 11.8 Å². The fraction of sp³-hybridized carbons (Fsp3) is 0.273. The molecule has 0 spiro atoms. The average Bonchev–Trinajstić information content (AvgIpc) is 2.51. The van der Waals surface area contributed by atoms with Crippen LogP contribution in [0.3, 0.4) is 0 Å². The summed E-state index contributed by atoms with van der Waals surface area (Å²) in [6, 6.07) is 7.62. The van der Waals surface area contributed by atoms with Crippen LogP contribution in [0.25, 0.3) is 0 Å². The van der Waals surface area contributed by atoms with Crippen LogP contribution in [0.4, 0.5) is 5.69 Å². The van der Waals surface area contributed by atoms with Crippen molar-refractivity contribution in [3.05, 3.63) is 29.8 Å². The topological polar surface area (TPSA) is 46.2 Å². The van der Waals surface area contributed by atoms with Crippen LogP contribution in [-0.4, -0.2) is 12.2 Å². The van der Waals surface area contributed by atoms with Gasteiger partial charge in [-0.2, -0.15) is 0 Å². The highest BCUT2D eigenvalue weighted by molar-refractivity contribution is 6.02. The minimum atomic E-state index is -0.142. The second-order valence-electron chi connectivity index (χ2n) is 3.37. The van der Waals surface area contributed by atoms with Crippen molar-refractivity contribution in [1.29, 1.82) is 0 Å². The number of carbonyl (C=O) groups is 2. The Labute approximate surface area is 82.1 Å². The Bertz CT molecular complexity index is 373. The molecule has 2 rings (SSSR count). The van der Waals surface area contributed by atoms with Gasteiger partial charge in [0.1, 0.15) is 6.29 Å². The van der Waals surface area contributed by atoms with Gasteiger partial charge < -0.3 is 10.1 Å². The van der Waals surface area contributed by atoms with Crippen LogP contribution < -0.4 is 5.32 Å². The van der Waals surface area contributed by atoms with Gasteiger partial charge in [0.05, 0.1) is 5.92 Å². The maximum atomic E-state index is 11.5. The van der Waals surface area contributed by atoms with E-state index < -0.39 is 0 Å². The molecule has 3 nitrogen and oxygen atoms in total. The van der Waals surface area contributed by atoms with Crippen LogP contribution in [-0.2, 0) is 9.59 Å². The van der Waals surface area contributed by atoms with Gasteiger partial charge in [-0.15, -0.1) is 0 Å². The Morgan fingerprint density at radius 2 is 2.14 bits per heavy atom. The molecular formula is C11H11NO2. The SMILES string of the molecule is O=CCCC1C(=O)Nc2ccccc21. The van der Waals surface area contributed by atoms with Crippen LogP contribution in [0.1, 0.15) is 24.3 Å². The average molecular weight is 189 g/mol. The zero-order valence-corrected chi connectivity index (χ0v) is 7.69. The van der Waals surface area contributed by atoms with Crippen LogP contribution in [0.2, 0.25) is 0 Å². The highest BCUT2D eigenvalue weighted by Crippen LogP contribution is 2.34. The largest absolute Gasteiger partial charge is 0.325 e. The van der Waals surface area contributed by atoms with E-state index in [4.69, 9.17) is 0 Å². The zero-order valence-electron chi connectivity index (χ0n) is 7.69. The third kappa shape index (κ3) is 1.41. The monoisotopic (exact) mass is 189 g/mol. The third-order valence-electron chi connectivity index (χ3n) is 2.48. The van der Waals surface area contributed by atoms with Gasteiger partial charge in [-0.25, -0.2) is 0 Å². The summed E-state index contributed by atoms with van der Waals surface area (Å²) in [5, 5.41) is 2.80. The van der Waals surface area contributed by atoms with E-state index in [1.807, 2.05) is 24.3 Å². The van der Waals surface area contributed by atoms with Crippen molar-refractivity contribution in [1.82, 2.24) is 0 Å². The highest BCUT2D eigenvalue weighted by atomic mass is 16.2. The number of carbonyl (C=O) groups excluding carboxylic acids is 2. The molecular weight excluding hydrogens is 178 g/mol. The van der Waals surface area contributed by atoms with Crippen molar-refractivity contribution < 1.29 is 9.59 Å². The first-order valence-corrected chi connectivity index (χ1v) is 4.66. The fourth-order valence-corrected chi connectivity index (χ4v) is 1.80. The lowest BCUT2D eigenvalue weighted by Gasteiger charge is -2.04. The van der Waals surface area contributed by atoms with Gasteiger partial charge in [-0.3, -0.25) is 4.79 Å². The predicted octanol–water partition coefficient (Wildman–Crippen LogP) is 1.70. The number of nitrogens with one attached hydrogen (secondary N) is 1. The summed E-state index contributed by atoms with van der Waals surface area (Å²) in [6.45, 7) is 0. The van der Waals surface area contributed by atoms with Crippen LogP contribution in [0.5, 0.6) is 0 Å². The van der Waals surface area contributed by atoms with E-state index in [2.05, 4.69) is 5.32 Å². The first kappa shape index (κ1) is 8.94. The number of rotatable bonds is 3. The second kappa shape index (κ2) is 3.62. The molecule has 0 saturated carbocycles. The van der Waals surface area contributed by atoms with E-state index >= 15 is 0 Å². The highest BCUT2D eigenvalue weighted by Gasteiger charge is 2.29. The summed E-state index contributed by atoms with van der Waals surface area (Å²) in [5.41, 5.74) is 1.90. The molecule has 0 aromatic heterocycles. The number of benzene rings is 1. The molecule has 14 heavy (non-hydrogen) atoms. The van der Waals surface area contributed by atoms with Crippen molar-refractivity contribution in [2.75, 3.05) is 5.32 Å². The molecule has 0 bridgehead atoms. The minimum Gasteiger partial charge on any atom is -0.325 e. The van der Waals surface area contributed by atoms with Crippen molar-refractivity contribution in [2.24, 2.45) is 0 Å². The summed E-state index contributed by atoms with van der Waals surface area (Å²) in [7, 11) is 0. The van der Waals surface area contributed by atoms with Crippen LogP contribution in [0, 0.1) is 0 Å². The van der Waals surface area contributed by atoms with Gasteiger partial charge in [0, 0.05) is 12.1 Å². The Balaban J connectivity index is 2.25. The van der Waals surface area contributed by atoms with Crippen molar-refractivity contribution in [3.63, 3.8) is 0 Å². The molecule has 0 fully saturated rings. The van der Waals surface area contributed by atoms with Gasteiger partial charge >= 0.3 is 0 Å². The number of hydrogen-bond donors (Lipinski definition) is 1. The molecule has 0 saturated heterocycles. The predicted molar refractivity (Wildman–Crippen MR) is 53.1 cm³/mol. The summed E-state index contributed by atoms with van der Waals surface area (Å²) < 4.78 is 0. The van der Waals surface area contributed by atoms with Gasteiger partial charge in [0.15, 0.2) is 0 Å². The molecule has 0 radical (unpaired) electrons. The molecule has 1 aliphatic heterocycles. The number of aldehydes is 1. The molecule has 1 heterocycles. The van der Waals surface area contributed by atoms with Gasteiger partial charge in [0.25, 0.3) is 0 Å². The smallest absolute Gasteiger partial charge is 0.232 e. The quantitative estimate of drug-likeness (QED) is 0.735. The Hall–Kier alpha value is -1.64. The van der Waals surface area contributed by atoms with E-state index in [1.54, 1.807) is 0 Å². The van der Waals surface area contributed by atoms with E-state index in [9.17, 15) is 9.59 Å². The summed E-state index contributed by atoms with van der Waals surface area (Å²) in [6.07, 6.45) is 1.90. The zero-order chi connectivity index (χ0) is 9.97. The summed E-state index contributed by atoms with van der Waals surface area (Å²) in [5.74, 6) is -0.135. The lowest BCUT2D eigenvalue weighted by atomic mass is 9.96. The Kier molecular flexibility index (Phi) is 2.31. The maximum absolute atomic E-state index is 11.5. The molecule has 1 aliphatic rings. The molecule has 1 unspecified atom stereocenters. The number of fused-ring (bicyclic) bond motifs is 1. The normalized spacial score (nSPS) is 18.9. The van der Waals surface area contributed by atoms with Crippen molar-refractivity contribution in [2.45, 2.75) is 18.8 Å². The molecule has 0 aliphatic carbocycles. The number of para-hydroxylation sites is 1. The number of hydrogen-bond acceptors (Lipinski definition) is 2. The molecule has 1 aromatic rings. The van der Waals surface area contributed by atoms with E-state index in [0.717, 1.165) is 17.5 Å². The van der Waals surface area contributed by atoms with Gasteiger partial charge in [-0.05, 0) is 18.1 Å².